The highest BCUT2D eigenvalue weighted by molar-refractivity contribution is 5.91. The minimum atomic E-state index is -0.625. The molecule has 1 aliphatic carbocycles. The molecule has 6 heteroatoms. The molecule has 1 rings (SSSR count). The van der Waals surface area contributed by atoms with Gasteiger partial charge < -0.3 is 16.0 Å². The third-order valence-electron chi connectivity index (χ3n) is 4.64. The molecule has 1 fully saturated rings. The maximum Gasteiger partial charge on any atom is 0.243 e. The van der Waals surface area contributed by atoms with Crippen LogP contribution >= 0.6 is 0 Å². The molecule has 3 amide bonds. The summed E-state index contributed by atoms with van der Waals surface area (Å²) >= 11 is 0. The highest BCUT2D eigenvalue weighted by Crippen LogP contribution is 2.25. The van der Waals surface area contributed by atoms with E-state index in [0.29, 0.717) is 12.5 Å². The second kappa shape index (κ2) is 10.3. The minimum Gasteiger partial charge on any atom is -0.354 e. The van der Waals surface area contributed by atoms with Crippen LogP contribution in [-0.2, 0) is 14.4 Å². The van der Waals surface area contributed by atoms with E-state index in [1.807, 2.05) is 13.8 Å². The first kappa shape index (κ1) is 20.5. The Labute approximate surface area is 145 Å². The first-order valence-electron chi connectivity index (χ1n) is 9.16. The fraction of sp³-hybridized carbons (Fsp3) is 0.833. The van der Waals surface area contributed by atoms with Gasteiger partial charge in [0.2, 0.25) is 17.7 Å². The fourth-order valence-electron chi connectivity index (χ4n) is 3.15. The summed E-state index contributed by atoms with van der Waals surface area (Å²) in [6, 6.07) is -1.24. The van der Waals surface area contributed by atoms with Crippen LogP contribution in [-0.4, -0.2) is 36.3 Å². The van der Waals surface area contributed by atoms with Crippen LogP contribution in [0.3, 0.4) is 0 Å². The van der Waals surface area contributed by atoms with Gasteiger partial charge in [-0.1, -0.05) is 46.0 Å². The molecule has 0 unspecified atom stereocenters. The van der Waals surface area contributed by atoms with Crippen LogP contribution < -0.4 is 16.0 Å². The normalized spacial score (nSPS) is 17.9. The van der Waals surface area contributed by atoms with Crippen molar-refractivity contribution in [3.63, 3.8) is 0 Å². The van der Waals surface area contributed by atoms with Gasteiger partial charge in [0.25, 0.3) is 0 Å². The molecule has 0 bridgehead atoms. The number of hydrogen-bond donors (Lipinski definition) is 3. The third kappa shape index (κ3) is 7.32. The van der Waals surface area contributed by atoms with Gasteiger partial charge in [-0.25, -0.2) is 0 Å². The number of carbonyl (C=O) groups excluding carboxylic acids is 3. The largest absolute Gasteiger partial charge is 0.354 e. The number of carbonyl (C=O) groups is 3. The van der Waals surface area contributed by atoms with E-state index in [9.17, 15) is 14.4 Å². The Hall–Kier alpha value is -1.59. The SMILES string of the molecule is CC(=O)N[C@H](C(=O)N[C@@H](C)C(=O)NCCC1CCCCC1)C(C)C. The maximum absolute atomic E-state index is 12.3. The molecule has 0 aliphatic heterocycles. The van der Waals surface area contributed by atoms with E-state index in [2.05, 4.69) is 16.0 Å². The second-order valence-corrected chi connectivity index (χ2v) is 7.24. The molecule has 0 aromatic heterocycles. The van der Waals surface area contributed by atoms with Gasteiger partial charge in [0, 0.05) is 13.5 Å². The molecule has 24 heavy (non-hydrogen) atoms. The average molecular weight is 339 g/mol. The standard InChI is InChI=1S/C18H33N3O3/c1-12(2)16(21-14(4)22)18(24)20-13(3)17(23)19-11-10-15-8-6-5-7-9-15/h12-13,15-16H,5-11H2,1-4H3,(H,19,23)(H,20,24)(H,21,22)/t13-,16-/m0/s1. The zero-order valence-corrected chi connectivity index (χ0v) is 15.5. The summed E-state index contributed by atoms with van der Waals surface area (Å²) < 4.78 is 0. The molecule has 3 N–H and O–H groups in total. The molecule has 2 atom stereocenters. The van der Waals surface area contributed by atoms with Gasteiger partial charge in [0.15, 0.2) is 0 Å². The minimum absolute atomic E-state index is 0.0459. The summed E-state index contributed by atoms with van der Waals surface area (Å²) in [7, 11) is 0. The molecular weight excluding hydrogens is 306 g/mol. The van der Waals surface area contributed by atoms with Crippen molar-refractivity contribution in [1.82, 2.24) is 16.0 Å². The summed E-state index contributed by atoms with van der Waals surface area (Å²) in [5.74, 6) is -0.0856. The number of nitrogens with one attached hydrogen (secondary N) is 3. The van der Waals surface area contributed by atoms with Crippen molar-refractivity contribution in [1.29, 1.82) is 0 Å². The molecule has 0 saturated heterocycles. The lowest BCUT2D eigenvalue weighted by Crippen LogP contribution is -2.54. The molecule has 0 spiro atoms. The van der Waals surface area contributed by atoms with Gasteiger partial charge >= 0.3 is 0 Å². The molecule has 0 heterocycles. The van der Waals surface area contributed by atoms with Crippen LogP contribution in [0.2, 0.25) is 0 Å². The quantitative estimate of drug-likeness (QED) is 0.629. The van der Waals surface area contributed by atoms with E-state index >= 15 is 0 Å². The fourth-order valence-corrected chi connectivity index (χ4v) is 3.15. The Balaban J connectivity index is 2.35. The van der Waals surface area contributed by atoms with Gasteiger partial charge in [-0.15, -0.1) is 0 Å². The van der Waals surface area contributed by atoms with Crippen LogP contribution in [0.4, 0.5) is 0 Å². The Morgan fingerprint density at radius 1 is 0.958 bits per heavy atom. The third-order valence-corrected chi connectivity index (χ3v) is 4.64. The van der Waals surface area contributed by atoms with Gasteiger partial charge in [0.1, 0.15) is 12.1 Å². The van der Waals surface area contributed by atoms with Crippen LogP contribution in [0.25, 0.3) is 0 Å². The van der Waals surface area contributed by atoms with E-state index in [-0.39, 0.29) is 23.6 Å². The Morgan fingerprint density at radius 3 is 2.12 bits per heavy atom. The predicted molar refractivity (Wildman–Crippen MR) is 94.2 cm³/mol. The number of hydrogen-bond acceptors (Lipinski definition) is 3. The van der Waals surface area contributed by atoms with Crippen molar-refractivity contribution in [3.8, 4) is 0 Å². The van der Waals surface area contributed by atoms with E-state index < -0.39 is 12.1 Å². The summed E-state index contributed by atoms with van der Waals surface area (Å²) in [4.78, 5) is 35.6. The van der Waals surface area contributed by atoms with Crippen LogP contribution in [0, 0.1) is 11.8 Å². The van der Waals surface area contributed by atoms with Crippen molar-refractivity contribution in [2.45, 2.75) is 78.3 Å². The Bertz CT molecular complexity index is 431. The van der Waals surface area contributed by atoms with Crippen LogP contribution in [0.15, 0.2) is 0 Å². The zero-order valence-electron chi connectivity index (χ0n) is 15.5. The predicted octanol–water partition coefficient (Wildman–Crippen LogP) is 1.74. The average Bonchev–Trinajstić information content (AvgIpc) is 2.52. The summed E-state index contributed by atoms with van der Waals surface area (Å²) in [6.07, 6.45) is 7.45. The highest BCUT2D eigenvalue weighted by atomic mass is 16.2. The molecule has 0 aromatic rings. The van der Waals surface area contributed by atoms with Crippen molar-refractivity contribution < 1.29 is 14.4 Å². The number of rotatable bonds is 8. The van der Waals surface area contributed by atoms with Crippen molar-refractivity contribution in [2.75, 3.05) is 6.54 Å². The van der Waals surface area contributed by atoms with E-state index in [1.54, 1.807) is 6.92 Å². The smallest absolute Gasteiger partial charge is 0.243 e. The van der Waals surface area contributed by atoms with E-state index in [0.717, 1.165) is 6.42 Å². The molecule has 0 radical (unpaired) electrons. The molecule has 6 nitrogen and oxygen atoms in total. The lowest BCUT2D eigenvalue weighted by molar-refractivity contribution is -0.132. The lowest BCUT2D eigenvalue weighted by Gasteiger charge is -2.24. The first-order chi connectivity index (χ1) is 11.3. The first-order valence-corrected chi connectivity index (χ1v) is 9.16. The maximum atomic E-state index is 12.3. The topological polar surface area (TPSA) is 87.3 Å². The summed E-state index contributed by atoms with van der Waals surface area (Å²) in [5, 5.41) is 8.22. The van der Waals surface area contributed by atoms with E-state index in [4.69, 9.17) is 0 Å². The van der Waals surface area contributed by atoms with Gasteiger partial charge in [-0.2, -0.15) is 0 Å². The molecule has 1 saturated carbocycles. The Morgan fingerprint density at radius 2 is 1.58 bits per heavy atom. The van der Waals surface area contributed by atoms with Crippen LogP contribution in [0.5, 0.6) is 0 Å². The van der Waals surface area contributed by atoms with Crippen molar-refractivity contribution >= 4 is 17.7 Å². The zero-order chi connectivity index (χ0) is 18.1. The van der Waals surface area contributed by atoms with Crippen molar-refractivity contribution in [2.24, 2.45) is 11.8 Å². The summed E-state index contributed by atoms with van der Waals surface area (Å²) in [5.41, 5.74) is 0. The van der Waals surface area contributed by atoms with Gasteiger partial charge in [-0.05, 0) is 25.2 Å². The number of amides is 3. The Kier molecular flexibility index (Phi) is 8.79. The van der Waals surface area contributed by atoms with Gasteiger partial charge in [0.05, 0.1) is 0 Å². The molecule has 1 aliphatic rings. The highest BCUT2D eigenvalue weighted by Gasteiger charge is 2.26. The molecule has 138 valence electrons. The summed E-state index contributed by atoms with van der Waals surface area (Å²) in [6.45, 7) is 7.41. The van der Waals surface area contributed by atoms with Crippen LogP contribution in [0.1, 0.15) is 66.2 Å². The second-order valence-electron chi connectivity index (χ2n) is 7.24. The molecular formula is C18H33N3O3. The lowest BCUT2D eigenvalue weighted by atomic mass is 9.87. The monoisotopic (exact) mass is 339 g/mol. The van der Waals surface area contributed by atoms with E-state index in [1.165, 1.54) is 39.0 Å². The van der Waals surface area contributed by atoms with Gasteiger partial charge in [-0.3, -0.25) is 14.4 Å². The van der Waals surface area contributed by atoms with Crippen molar-refractivity contribution in [3.05, 3.63) is 0 Å². The molecule has 0 aromatic carbocycles.